The molecule has 0 saturated carbocycles. The van der Waals surface area contributed by atoms with Crippen LogP contribution in [0.4, 0.5) is 5.69 Å². The van der Waals surface area contributed by atoms with E-state index in [1.165, 1.54) is 0 Å². The molecule has 6 nitrogen and oxygen atoms in total. The number of nitrogens with one attached hydrogen (secondary N) is 1. The first-order valence-corrected chi connectivity index (χ1v) is 11.8. The van der Waals surface area contributed by atoms with Gasteiger partial charge in [0.1, 0.15) is 17.2 Å². The zero-order valence-corrected chi connectivity index (χ0v) is 20.6. The average molecular weight is 463 g/mol. The highest BCUT2D eigenvalue weighted by Crippen LogP contribution is 2.27. The van der Waals surface area contributed by atoms with Crippen molar-refractivity contribution in [3.05, 3.63) is 77.6 Å². The Hall–Kier alpha value is -3.38. The summed E-state index contributed by atoms with van der Waals surface area (Å²) >= 11 is 0. The van der Waals surface area contributed by atoms with Crippen LogP contribution in [0.25, 0.3) is 0 Å². The number of benzene rings is 2. The van der Waals surface area contributed by atoms with Crippen molar-refractivity contribution in [3.63, 3.8) is 0 Å². The van der Waals surface area contributed by atoms with Crippen LogP contribution < -0.4 is 14.8 Å². The fraction of sp³-hybridized carbons (Fsp3) is 0.357. The number of rotatable bonds is 11. The van der Waals surface area contributed by atoms with Crippen molar-refractivity contribution >= 4 is 11.6 Å². The van der Waals surface area contributed by atoms with Gasteiger partial charge in [-0.3, -0.25) is 9.78 Å². The van der Waals surface area contributed by atoms with Gasteiger partial charge in [-0.25, -0.2) is 0 Å². The third-order valence-electron chi connectivity index (χ3n) is 5.00. The van der Waals surface area contributed by atoms with Crippen LogP contribution >= 0.6 is 0 Å². The first-order chi connectivity index (χ1) is 16.3. The zero-order chi connectivity index (χ0) is 24.5. The molecule has 180 valence electrons. The monoisotopic (exact) mass is 462 g/mol. The normalized spacial score (nSPS) is 11.8. The number of carbonyl (C=O) groups is 1. The third kappa shape index (κ3) is 7.59. The van der Waals surface area contributed by atoms with Crippen LogP contribution in [-0.4, -0.2) is 29.7 Å². The molecule has 0 aliphatic carbocycles. The van der Waals surface area contributed by atoms with Crippen molar-refractivity contribution in [1.82, 2.24) is 4.98 Å². The summed E-state index contributed by atoms with van der Waals surface area (Å²) in [4.78, 5) is 17.5. The third-order valence-corrected chi connectivity index (χ3v) is 5.00. The van der Waals surface area contributed by atoms with Crippen molar-refractivity contribution < 1.29 is 19.0 Å². The second-order valence-corrected chi connectivity index (χ2v) is 8.55. The lowest BCUT2D eigenvalue weighted by Gasteiger charge is -2.14. The number of hydrogen-bond acceptors (Lipinski definition) is 5. The Balaban J connectivity index is 1.65. The molecule has 1 amide bonds. The van der Waals surface area contributed by atoms with Crippen LogP contribution in [0.3, 0.4) is 0 Å². The van der Waals surface area contributed by atoms with Crippen molar-refractivity contribution in [2.75, 3.05) is 11.9 Å². The van der Waals surface area contributed by atoms with Gasteiger partial charge < -0.3 is 19.5 Å². The second kappa shape index (κ2) is 12.2. The molecule has 0 bridgehead atoms. The van der Waals surface area contributed by atoms with Gasteiger partial charge in [0.15, 0.2) is 0 Å². The maximum Gasteiger partial charge on any atom is 0.257 e. The van der Waals surface area contributed by atoms with Gasteiger partial charge in [0, 0.05) is 36.5 Å². The van der Waals surface area contributed by atoms with Crippen LogP contribution in [0.2, 0.25) is 0 Å². The minimum absolute atomic E-state index is 0.0820. The molecule has 1 atom stereocenters. The van der Waals surface area contributed by atoms with Gasteiger partial charge in [0.25, 0.3) is 5.91 Å². The summed E-state index contributed by atoms with van der Waals surface area (Å²) in [7, 11) is 0. The Labute approximate surface area is 202 Å². The minimum atomic E-state index is -0.212. The molecule has 1 N–H and O–H groups in total. The number of pyridine rings is 1. The number of aromatic nitrogens is 1. The summed E-state index contributed by atoms with van der Waals surface area (Å²) in [6.45, 7) is 10.7. The molecular formula is C28H34N2O4. The van der Waals surface area contributed by atoms with Crippen LogP contribution in [-0.2, 0) is 11.2 Å². The Bertz CT molecular complexity index is 1100. The highest BCUT2D eigenvalue weighted by atomic mass is 16.5. The number of ether oxygens (including phenoxy) is 3. The summed E-state index contributed by atoms with van der Waals surface area (Å²) in [5.41, 5.74) is 2.78. The summed E-state index contributed by atoms with van der Waals surface area (Å²) < 4.78 is 17.4. The smallest absolute Gasteiger partial charge is 0.257 e. The van der Waals surface area contributed by atoms with E-state index < -0.39 is 0 Å². The highest BCUT2D eigenvalue weighted by molar-refractivity contribution is 6.05. The first-order valence-electron chi connectivity index (χ1n) is 11.8. The Morgan fingerprint density at radius 1 is 0.971 bits per heavy atom. The maximum atomic E-state index is 12.9. The lowest BCUT2D eigenvalue weighted by atomic mass is 10.1. The Kier molecular flexibility index (Phi) is 9.05. The van der Waals surface area contributed by atoms with Gasteiger partial charge in [0.2, 0.25) is 0 Å². The molecule has 6 heteroatoms. The van der Waals surface area contributed by atoms with E-state index in [9.17, 15) is 4.79 Å². The number of carbonyl (C=O) groups excluding carboxylic acids is 1. The summed E-state index contributed by atoms with van der Waals surface area (Å²) in [5, 5.41) is 2.94. The number of aryl methyl sites for hydroxylation is 1. The van der Waals surface area contributed by atoms with E-state index in [1.807, 2.05) is 82.3 Å². The number of amides is 1. The second-order valence-electron chi connectivity index (χ2n) is 8.55. The van der Waals surface area contributed by atoms with Crippen molar-refractivity contribution in [2.24, 2.45) is 0 Å². The quantitative estimate of drug-likeness (QED) is 0.349. The molecule has 0 fully saturated rings. The molecule has 2 aromatic carbocycles. The lowest BCUT2D eigenvalue weighted by molar-refractivity contribution is 0.0663. The molecule has 0 radical (unpaired) electrons. The van der Waals surface area contributed by atoms with E-state index in [1.54, 1.807) is 6.07 Å². The van der Waals surface area contributed by atoms with E-state index in [0.29, 0.717) is 34.9 Å². The molecule has 0 saturated heterocycles. The van der Waals surface area contributed by atoms with E-state index in [4.69, 9.17) is 14.2 Å². The maximum absolute atomic E-state index is 12.9. The molecule has 1 heterocycles. The van der Waals surface area contributed by atoms with Gasteiger partial charge in [-0.05, 0) is 70.5 Å². The summed E-state index contributed by atoms with van der Waals surface area (Å²) in [6, 6.07) is 18.5. The van der Waals surface area contributed by atoms with Crippen LogP contribution in [0, 0.1) is 6.92 Å². The number of anilines is 1. The fourth-order valence-corrected chi connectivity index (χ4v) is 3.49. The van der Waals surface area contributed by atoms with Crippen molar-refractivity contribution in [3.8, 4) is 17.2 Å². The summed E-state index contributed by atoms with van der Waals surface area (Å²) in [5.74, 6) is 1.81. The predicted molar refractivity (Wildman–Crippen MR) is 135 cm³/mol. The fourth-order valence-electron chi connectivity index (χ4n) is 3.49. The van der Waals surface area contributed by atoms with Crippen LogP contribution in [0.15, 0.2) is 60.7 Å². The molecule has 3 rings (SSSR count). The lowest BCUT2D eigenvalue weighted by Crippen LogP contribution is -2.16. The number of hydrogen-bond donors (Lipinski definition) is 1. The van der Waals surface area contributed by atoms with Gasteiger partial charge in [0.05, 0.1) is 23.5 Å². The van der Waals surface area contributed by atoms with Crippen LogP contribution in [0.5, 0.6) is 17.2 Å². The first kappa shape index (κ1) is 25.2. The summed E-state index contributed by atoms with van der Waals surface area (Å²) in [6.07, 6.45) is 1.87. The van der Waals surface area contributed by atoms with Gasteiger partial charge in [-0.1, -0.05) is 19.1 Å². The molecule has 3 aromatic rings. The average Bonchev–Trinajstić information content (AvgIpc) is 2.77. The molecule has 34 heavy (non-hydrogen) atoms. The largest absolute Gasteiger partial charge is 0.491 e. The van der Waals surface area contributed by atoms with Gasteiger partial charge >= 0.3 is 0 Å². The minimum Gasteiger partial charge on any atom is -0.491 e. The van der Waals surface area contributed by atoms with Crippen LogP contribution in [0.1, 0.15) is 55.9 Å². The van der Waals surface area contributed by atoms with Crippen molar-refractivity contribution in [1.29, 1.82) is 0 Å². The zero-order valence-electron chi connectivity index (χ0n) is 20.6. The molecule has 1 unspecified atom stereocenters. The van der Waals surface area contributed by atoms with E-state index in [2.05, 4.69) is 17.2 Å². The predicted octanol–water partition coefficient (Wildman–Crippen LogP) is 6.58. The molecule has 0 aliphatic heterocycles. The Morgan fingerprint density at radius 2 is 1.68 bits per heavy atom. The highest BCUT2D eigenvalue weighted by Gasteiger charge is 2.13. The Morgan fingerprint density at radius 3 is 2.38 bits per heavy atom. The van der Waals surface area contributed by atoms with E-state index in [0.717, 1.165) is 24.5 Å². The molecular weight excluding hydrogens is 428 g/mol. The molecule has 0 spiro atoms. The SMILES string of the molecule is CCCOC(C)Cc1ccc(C(=O)Nc2cccc(Oc3cccc(OC(C)C)c3)c2)c(C)n1. The topological polar surface area (TPSA) is 69.7 Å². The number of nitrogens with zero attached hydrogens (tertiary/aromatic N) is 1. The van der Waals surface area contributed by atoms with Gasteiger partial charge in [-0.15, -0.1) is 0 Å². The standard InChI is InChI=1S/C28H34N2O4/c1-6-15-32-20(4)16-23-13-14-27(21(5)29-23)28(31)30-22-9-7-10-24(17-22)34-26-12-8-11-25(18-26)33-19(2)3/h7-14,17-20H,6,15-16H2,1-5H3,(H,30,31). The van der Waals surface area contributed by atoms with E-state index >= 15 is 0 Å². The molecule has 1 aromatic heterocycles. The van der Waals surface area contributed by atoms with Gasteiger partial charge in [-0.2, -0.15) is 0 Å². The molecule has 0 aliphatic rings. The van der Waals surface area contributed by atoms with E-state index in [-0.39, 0.29) is 18.1 Å². The van der Waals surface area contributed by atoms with Crippen molar-refractivity contribution in [2.45, 2.75) is 59.7 Å².